The molecule has 92 valence electrons. The molecule has 7 heteroatoms. The van der Waals surface area contributed by atoms with Crippen molar-refractivity contribution in [2.75, 3.05) is 6.54 Å². The lowest BCUT2D eigenvalue weighted by molar-refractivity contribution is 0.0243. The van der Waals surface area contributed by atoms with Crippen LogP contribution >= 0.6 is 11.6 Å². The summed E-state index contributed by atoms with van der Waals surface area (Å²) < 4.78 is 13.3. The van der Waals surface area contributed by atoms with Crippen LogP contribution in [0.15, 0.2) is 17.2 Å². The van der Waals surface area contributed by atoms with Crippen molar-refractivity contribution in [3.05, 3.63) is 44.5 Å². The lowest BCUT2D eigenvalue weighted by Gasteiger charge is -2.18. The standard InChI is InChI=1S/C10H11ClFN3O2/c1-5-2-7(11)6(3-8(5)12)10(17)9(16)4-14-15-13/h2-3,9-10,16-17H,4H2,1H3. The topological polar surface area (TPSA) is 89.2 Å². The predicted molar refractivity (Wildman–Crippen MR) is 61.1 cm³/mol. The molecular weight excluding hydrogens is 249 g/mol. The van der Waals surface area contributed by atoms with Crippen LogP contribution in [0.25, 0.3) is 10.4 Å². The van der Waals surface area contributed by atoms with Gasteiger partial charge in [0.1, 0.15) is 11.9 Å². The molecule has 1 aromatic rings. The maximum atomic E-state index is 13.3. The van der Waals surface area contributed by atoms with Crippen molar-refractivity contribution in [2.24, 2.45) is 5.11 Å². The molecule has 0 aliphatic rings. The Hall–Kier alpha value is -1.33. The molecule has 2 N–H and O–H groups in total. The van der Waals surface area contributed by atoms with Gasteiger partial charge in [-0.2, -0.15) is 0 Å². The van der Waals surface area contributed by atoms with E-state index in [0.717, 1.165) is 6.07 Å². The third kappa shape index (κ3) is 3.31. The number of halogens is 2. The van der Waals surface area contributed by atoms with Crippen LogP contribution in [-0.4, -0.2) is 22.9 Å². The van der Waals surface area contributed by atoms with Gasteiger partial charge in [0.25, 0.3) is 0 Å². The summed E-state index contributed by atoms with van der Waals surface area (Å²) >= 11 is 5.83. The quantitative estimate of drug-likeness (QED) is 0.494. The van der Waals surface area contributed by atoms with Crippen molar-refractivity contribution in [1.29, 1.82) is 0 Å². The van der Waals surface area contributed by atoms with E-state index in [9.17, 15) is 14.6 Å². The minimum absolute atomic E-state index is 0.0652. The van der Waals surface area contributed by atoms with Gasteiger partial charge in [0, 0.05) is 15.5 Å². The first kappa shape index (κ1) is 13.7. The monoisotopic (exact) mass is 259 g/mol. The molecule has 0 aromatic heterocycles. The SMILES string of the molecule is Cc1cc(Cl)c(C(O)C(O)CN=[N+]=[N-])cc1F. The highest BCUT2D eigenvalue weighted by atomic mass is 35.5. The van der Waals surface area contributed by atoms with Crippen LogP contribution in [-0.2, 0) is 0 Å². The van der Waals surface area contributed by atoms with Crippen LogP contribution < -0.4 is 0 Å². The molecule has 0 aliphatic heterocycles. The number of aliphatic hydroxyl groups excluding tert-OH is 2. The summed E-state index contributed by atoms with van der Waals surface area (Å²) in [6.07, 6.45) is -2.73. The first-order valence-corrected chi connectivity index (χ1v) is 5.17. The van der Waals surface area contributed by atoms with Crippen LogP contribution in [0.5, 0.6) is 0 Å². The second-order valence-electron chi connectivity index (χ2n) is 3.55. The zero-order valence-electron chi connectivity index (χ0n) is 9.01. The number of rotatable bonds is 4. The highest BCUT2D eigenvalue weighted by Gasteiger charge is 2.21. The molecule has 0 saturated heterocycles. The van der Waals surface area contributed by atoms with Crippen LogP contribution in [0.3, 0.4) is 0 Å². The van der Waals surface area contributed by atoms with Gasteiger partial charge in [0.05, 0.1) is 12.6 Å². The summed E-state index contributed by atoms with van der Waals surface area (Å²) in [6, 6.07) is 2.41. The Morgan fingerprint density at radius 2 is 2.18 bits per heavy atom. The van der Waals surface area contributed by atoms with E-state index < -0.39 is 18.0 Å². The van der Waals surface area contributed by atoms with E-state index in [2.05, 4.69) is 10.0 Å². The second-order valence-corrected chi connectivity index (χ2v) is 3.96. The Bertz CT molecular complexity index is 463. The summed E-state index contributed by atoms with van der Waals surface area (Å²) in [5.74, 6) is -0.528. The minimum atomic E-state index is -1.40. The molecule has 1 aromatic carbocycles. The number of nitrogens with zero attached hydrogens (tertiary/aromatic N) is 3. The number of aliphatic hydroxyl groups is 2. The Kier molecular flexibility index (Phi) is 4.72. The zero-order valence-corrected chi connectivity index (χ0v) is 9.76. The first-order chi connectivity index (χ1) is 7.97. The number of aryl methyl sites for hydroxylation is 1. The minimum Gasteiger partial charge on any atom is -0.390 e. The smallest absolute Gasteiger partial charge is 0.126 e. The normalized spacial score (nSPS) is 13.9. The molecule has 0 saturated carbocycles. The summed E-state index contributed by atoms with van der Waals surface area (Å²) in [4.78, 5) is 2.45. The van der Waals surface area contributed by atoms with Crippen LogP contribution in [0.4, 0.5) is 4.39 Å². The van der Waals surface area contributed by atoms with E-state index in [1.165, 1.54) is 13.0 Å². The maximum Gasteiger partial charge on any atom is 0.126 e. The maximum absolute atomic E-state index is 13.3. The molecule has 0 radical (unpaired) electrons. The van der Waals surface area contributed by atoms with Gasteiger partial charge >= 0.3 is 0 Å². The molecule has 0 spiro atoms. The van der Waals surface area contributed by atoms with Gasteiger partial charge in [-0.25, -0.2) is 4.39 Å². The second kappa shape index (κ2) is 5.84. The highest BCUT2D eigenvalue weighted by Crippen LogP contribution is 2.28. The summed E-state index contributed by atoms with van der Waals surface area (Å²) in [7, 11) is 0. The Morgan fingerprint density at radius 3 is 2.76 bits per heavy atom. The van der Waals surface area contributed by atoms with E-state index >= 15 is 0 Å². The van der Waals surface area contributed by atoms with E-state index in [-0.39, 0.29) is 17.1 Å². The van der Waals surface area contributed by atoms with Crippen molar-refractivity contribution in [2.45, 2.75) is 19.1 Å². The molecule has 1 rings (SSSR count). The number of benzene rings is 1. The van der Waals surface area contributed by atoms with E-state index in [1.807, 2.05) is 0 Å². The lowest BCUT2D eigenvalue weighted by Crippen LogP contribution is -2.21. The van der Waals surface area contributed by atoms with Gasteiger partial charge in [-0.3, -0.25) is 0 Å². The third-order valence-electron chi connectivity index (χ3n) is 2.29. The molecule has 2 atom stereocenters. The lowest BCUT2D eigenvalue weighted by atomic mass is 10.0. The van der Waals surface area contributed by atoms with Crippen molar-refractivity contribution in [3.63, 3.8) is 0 Å². The number of hydrogen-bond donors (Lipinski definition) is 2. The fourth-order valence-corrected chi connectivity index (χ4v) is 1.65. The van der Waals surface area contributed by atoms with Crippen LogP contribution in [0.1, 0.15) is 17.2 Å². The summed E-state index contributed by atoms with van der Waals surface area (Å²) in [5, 5.41) is 22.5. The van der Waals surface area contributed by atoms with Gasteiger partial charge < -0.3 is 10.2 Å². The fourth-order valence-electron chi connectivity index (χ4n) is 1.32. The third-order valence-corrected chi connectivity index (χ3v) is 2.62. The zero-order chi connectivity index (χ0) is 13.0. The van der Waals surface area contributed by atoms with Crippen molar-refractivity contribution < 1.29 is 14.6 Å². The van der Waals surface area contributed by atoms with E-state index in [0.29, 0.717) is 5.56 Å². The summed E-state index contributed by atoms with van der Waals surface area (Å²) in [5.41, 5.74) is 8.49. The molecule has 17 heavy (non-hydrogen) atoms. The number of azide groups is 1. The number of hydrogen-bond acceptors (Lipinski definition) is 3. The molecule has 0 bridgehead atoms. The van der Waals surface area contributed by atoms with E-state index in [4.69, 9.17) is 17.1 Å². The molecule has 0 heterocycles. The van der Waals surface area contributed by atoms with Gasteiger partial charge in [-0.05, 0) is 30.2 Å². The molecule has 0 amide bonds. The van der Waals surface area contributed by atoms with Crippen LogP contribution in [0, 0.1) is 12.7 Å². The molecular formula is C10H11ClFN3O2. The van der Waals surface area contributed by atoms with Gasteiger partial charge in [-0.15, -0.1) is 0 Å². The van der Waals surface area contributed by atoms with Gasteiger partial charge in [-0.1, -0.05) is 16.7 Å². The Labute approximate surface area is 102 Å². The van der Waals surface area contributed by atoms with Crippen molar-refractivity contribution in [1.82, 2.24) is 0 Å². The highest BCUT2D eigenvalue weighted by molar-refractivity contribution is 6.31. The Balaban J connectivity index is 2.99. The first-order valence-electron chi connectivity index (χ1n) is 4.80. The predicted octanol–water partition coefficient (Wildman–Crippen LogP) is 2.49. The fraction of sp³-hybridized carbons (Fsp3) is 0.400. The molecule has 0 fully saturated rings. The van der Waals surface area contributed by atoms with Crippen molar-refractivity contribution >= 4 is 11.6 Å². The average molecular weight is 260 g/mol. The molecule has 0 aliphatic carbocycles. The van der Waals surface area contributed by atoms with Gasteiger partial charge in [0.15, 0.2) is 0 Å². The van der Waals surface area contributed by atoms with Crippen molar-refractivity contribution in [3.8, 4) is 0 Å². The molecule has 5 nitrogen and oxygen atoms in total. The summed E-state index contributed by atoms with van der Waals surface area (Å²) in [6.45, 7) is 1.22. The Morgan fingerprint density at radius 1 is 1.53 bits per heavy atom. The molecule has 2 unspecified atom stereocenters. The van der Waals surface area contributed by atoms with Gasteiger partial charge in [0.2, 0.25) is 0 Å². The van der Waals surface area contributed by atoms with E-state index in [1.54, 1.807) is 0 Å². The average Bonchev–Trinajstić information content (AvgIpc) is 2.29. The largest absolute Gasteiger partial charge is 0.390 e. The van der Waals surface area contributed by atoms with Crippen LogP contribution in [0.2, 0.25) is 5.02 Å².